The summed E-state index contributed by atoms with van der Waals surface area (Å²) >= 11 is 1.39. The second-order valence-corrected chi connectivity index (χ2v) is 5.98. The minimum absolute atomic E-state index is 0.183. The second kappa shape index (κ2) is 5.57. The van der Waals surface area contributed by atoms with Gasteiger partial charge in [-0.3, -0.25) is 4.79 Å². The van der Waals surface area contributed by atoms with Gasteiger partial charge in [0.25, 0.3) is 0 Å². The Morgan fingerprint density at radius 2 is 2.21 bits per heavy atom. The molecule has 0 aliphatic heterocycles. The van der Waals surface area contributed by atoms with Crippen LogP contribution in [0.4, 0.5) is 0 Å². The quantitative estimate of drug-likeness (QED) is 0.882. The van der Waals surface area contributed by atoms with E-state index >= 15 is 0 Å². The zero-order valence-corrected chi connectivity index (χ0v) is 11.8. The lowest BCUT2D eigenvalue weighted by Gasteiger charge is -2.05. The van der Waals surface area contributed by atoms with Crippen LogP contribution in [0.15, 0.2) is 16.2 Å². The monoisotopic (exact) mass is 279 g/mol. The lowest BCUT2D eigenvalue weighted by Crippen LogP contribution is -2.08. The number of aryl methyl sites for hydroxylation is 1. The molecule has 102 valence electrons. The van der Waals surface area contributed by atoms with Crippen LogP contribution in [0.3, 0.4) is 0 Å². The fourth-order valence-corrected chi connectivity index (χ4v) is 3.19. The van der Waals surface area contributed by atoms with E-state index in [4.69, 9.17) is 5.11 Å². The highest BCUT2D eigenvalue weighted by atomic mass is 32.1. The van der Waals surface area contributed by atoms with Crippen molar-refractivity contribution in [2.45, 2.75) is 33.1 Å². The van der Waals surface area contributed by atoms with Crippen molar-refractivity contribution in [2.75, 3.05) is 0 Å². The molecule has 0 aliphatic rings. The molecule has 0 amide bonds. The molecule has 2 N–H and O–H groups in total. The number of carboxylic acid groups (broad SMARTS) is 1. The van der Waals surface area contributed by atoms with Crippen LogP contribution in [0.2, 0.25) is 0 Å². The minimum Gasteiger partial charge on any atom is -0.478 e. The Hall–Kier alpha value is -1.62. The molecule has 0 atom stereocenters. The highest BCUT2D eigenvalue weighted by Gasteiger charge is 2.14. The molecular formula is C14H17NO3S. The molecule has 0 radical (unpaired) electrons. The predicted octanol–water partition coefficient (Wildman–Crippen LogP) is 3.27. The predicted molar refractivity (Wildman–Crippen MR) is 77.2 cm³/mol. The number of rotatable bonds is 5. The number of H-pyrrole nitrogens is 1. The van der Waals surface area contributed by atoms with Gasteiger partial charge in [0.1, 0.15) is 0 Å². The van der Waals surface area contributed by atoms with Crippen molar-refractivity contribution < 1.29 is 9.90 Å². The van der Waals surface area contributed by atoms with E-state index in [9.17, 15) is 9.59 Å². The van der Waals surface area contributed by atoms with Gasteiger partial charge in [-0.15, -0.1) is 11.3 Å². The minimum atomic E-state index is -0.999. The van der Waals surface area contributed by atoms with Crippen LogP contribution in [0.1, 0.15) is 42.6 Å². The van der Waals surface area contributed by atoms with Gasteiger partial charge in [0.05, 0.1) is 15.8 Å². The molecule has 2 aromatic rings. The van der Waals surface area contributed by atoms with Crippen LogP contribution in [-0.4, -0.2) is 16.1 Å². The Balaban J connectivity index is 2.38. The highest BCUT2D eigenvalue weighted by molar-refractivity contribution is 7.17. The number of hydrogen-bond acceptors (Lipinski definition) is 3. The largest absolute Gasteiger partial charge is 0.478 e. The number of pyridine rings is 1. The molecule has 0 aliphatic carbocycles. The van der Waals surface area contributed by atoms with Gasteiger partial charge in [-0.05, 0) is 24.3 Å². The third-order valence-corrected chi connectivity index (χ3v) is 4.15. The van der Waals surface area contributed by atoms with Gasteiger partial charge < -0.3 is 10.1 Å². The third-order valence-electron chi connectivity index (χ3n) is 3.09. The van der Waals surface area contributed by atoms with Crippen molar-refractivity contribution in [2.24, 2.45) is 5.92 Å². The smallest absolute Gasteiger partial charge is 0.338 e. The first-order valence-corrected chi connectivity index (χ1v) is 7.23. The summed E-state index contributed by atoms with van der Waals surface area (Å²) in [5, 5.41) is 10.7. The second-order valence-electron chi connectivity index (χ2n) is 5.10. The van der Waals surface area contributed by atoms with Crippen LogP contribution < -0.4 is 5.56 Å². The summed E-state index contributed by atoms with van der Waals surface area (Å²) in [4.78, 5) is 25.4. The summed E-state index contributed by atoms with van der Waals surface area (Å²) in [6.07, 6.45) is 2.93. The maximum absolute atomic E-state index is 11.6. The number of nitrogens with one attached hydrogen (secondary N) is 1. The van der Waals surface area contributed by atoms with Crippen molar-refractivity contribution in [3.63, 3.8) is 0 Å². The fourth-order valence-electron chi connectivity index (χ4n) is 2.15. The standard InChI is InChI=1S/C14H17NO3S/c1-8(2)4-3-5-9-6-11(16)15-12-10(14(17)18)7-19-13(9)12/h6-8H,3-5H2,1-2H3,(H,15,16)(H,17,18). The number of aromatic carboxylic acids is 1. The molecule has 0 spiro atoms. The Morgan fingerprint density at radius 3 is 2.84 bits per heavy atom. The highest BCUT2D eigenvalue weighted by Crippen LogP contribution is 2.27. The summed E-state index contributed by atoms with van der Waals surface area (Å²) in [6, 6.07) is 1.59. The molecule has 0 bridgehead atoms. The molecule has 5 heteroatoms. The Labute approximate surface area is 115 Å². The molecular weight excluding hydrogens is 262 g/mol. The summed E-state index contributed by atoms with van der Waals surface area (Å²) < 4.78 is 0.890. The summed E-state index contributed by atoms with van der Waals surface area (Å²) in [5.41, 5.74) is 1.37. The number of aromatic amines is 1. The molecule has 0 unspecified atom stereocenters. The molecule has 19 heavy (non-hydrogen) atoms. The summed E-state index contributed by atoms with van der Waals surface area (Å²) in [7, 11) is 0. The first kappa shape index (κ1) is 13.8. The van der Waals surface area contributed by atoms with E-state index in [-0.39, 0.29) is 11.1 Å². The van der Waals surface area contributed by atoms with Crippen LogP contribution in [0.5, 0.6) is 0 Å². The number of aromatic nitrogens is 1. The number of thiophene rings is 1. The molecule has 4 nitrogen and oxygen atoms in total. The molecule has 0 aromatic carbocycles. The molecule has 2 aromatic heterocycles. The average Bonchev–Trinajstić information content (AvgIpc) is 2.71. The first-order chi connectivity index (χ1) is 8.99. The van der Waals surface area contributed by atoms with Gasteiger partial charge in [-0.2, -0.15) is 0 Å². The molecule has 2 heterocycles. The van der Waals surface area contributed by atoms with Gasteiger partial charge in [0.15, 0.2) is 0 Å². The first-order valence-electron chi connectivity index (χ1n) is 6.35. The summed E-state index contributed by atoms with van der Waals surface area (Å²) in [5.74, 6) is -0.364. The molecule has 0 saturated heterocycles. The Bertz CT molecular complexity index is 654. The molecule has 0 fully saturated rings. The van der Waals surface area contributed by atoms with Gasteiger partial charge >= 0.3 is 5.97 Å². The number of fused-ring (bicyclic) bond motifs is 1. The number of carboxylic acids is 1. The lowest BCUT2D eigenvalue weighted by atomic mass is 10.0. The van der Waals surface area contributed by atoms with Crippen molar-refractivity contribution in [1.29, 1.82) is 0 Å². The van der Waals surface area contributed by atoms with E-state index in [1.54, 1.807) is 11.4 Å². The van der Waals surface area contributed by atoms with Crippen molar-refractivity contribution in [3.05, 3.63) is 32.9 Å². The van der Waals surface area contributed by atoms with E-state index in [1.165, 1.54) is 11.3 Å². The van der Waals surface area contributed by atoms with Crippen molar-refractivity contribution in [3.8, 4) is 0 Å². The zero-order chi connectivity index (χ0) is 14.0. The zero-order valence-electron chi connectivity index (χ0n) is 11.0. The number of carbonyl (C=O) groups is 1. The average molecular weight is 279 g/mol. The summed E-state index contributed by atoms with van der Waals surface area (Å²) in [6.45, 7) is 4.34. The SMILES string of the molecule is CC(C)CCCc1cc(=O)[nH]c2c(C(=O)O)csc12. The Kier molecular flexibility index (Phi) is 4.04. The lowest BCUT2D eigenvalue weighted by molar-refractivity contribution is 0.0699. The van der Waals surface area contributed by atoms with Gasteiger partial charge in [-0.25, -0.2) is 4.79 Å². The van der Waals surface area contributed by atoms with E-state index in [2.05, 4.69) is 18.8 Å². The van der Waals surface area contributed by atoms with Crippen LogP contribution in [0, 0.1) is 5.92 Å². The van der Waals surface area contributed by atoms with E-state index in [0.29, 0.717) is 11.4 Å². The third kappa shape index (κ3) is 3.04. The molecule has 2 rings (SSSR count). The fraction of sp³-hybridized carbons (Fsp3) is 0.429. The van der Waals surface area contributed by atoms with Crippen LogP contribution in [-0.2, 0) is 6.42 Å². The van der Waals surface area contributed by atoms with Crippen molar-refractivity contribution >= 4 is 27.5 Å². The van der Waals surface area contributed by atoms with Crippen LogP contribution in [0.25, 0.3) is 10.2 Å². The van der Waals surface area contributed by atoms with Gasteiger partial charge in [0.2, 0.25) is 5.56 Å². The molecule has 0 saturated carbocycles. The van der Waals surface area contributed by atoms with E-state index < -0.39 is 5.97 Å². The van der Waals surface area contributed by atoms with Crippen molar-refractivity contribution in [1.82, 2.24) is 4.98 Å². The van der Waals surface area contributed by atoms with E-state index in [0.717, 1.165) is 29.5 Å². The maximum atomic E-state index is 11.6. The van der Waals surface area contributed by atoms with Crippen LogP contribution >= 0.6 is 11.3 Å². The van der Waals surface area contributed by atoms with Gasteiger partial charge in [-0.1, -0.05) is 20.3 Å². The maximum Gasteiger partial charge on any atom is 0.338 e. The van der Waals surface area contributed by atoms with E-state index in [1.807, 2.05) is 0 Å². The topological polar surface area (TPSA) is 70.2 Å². The Morgan fingerprint density at radius 1 is 1.47 bits per heavy atom. The normalized spacial score (nSPS) is 11.3. The van der Waals surface area contributed by atoms with Gasteiger partial charge in [0, 0.05) is 11.4 Å². The number of hydrogen-bond donors (Lipinski definition) is 2.